The number of anilines is 2. The Morgan fingerprint density at radius 2 is 1.37 bits per heavy atom. The second-order valence-electron chi connectivity index (χ2n) is 6.25. The molecule has 3 aromatic rings. The number of aryl methyl sites for hydroxylation is 1. The van der Waals surface area contributed by atoms with Gasteiger partial charge in [-0.15, -0.1) is 0 Å². The molecular weight excluding hydrogens is 394 g/mol. The summed E-state index contributed by atoms with van der Waals surface area (Å²) < 4.78 is 28.6. The number of benzene rings is 3. The zero-order valence-electron chi connectivity index (χ0n) is 18.9. The first kappa shape index (κ1) is 25.5. The molecule has 3 rings (SSSR count). The number of rotatable bonds is 6. The minimum atomic E-state index is -3.66. The molecule has 0 radical (unpaired) electrons. The lowest BCUT2D eigenvalue weighted by Gasteiger charge is -2.21. The van der Waals surface area contributed by atoms with Crippen molar-refractivity contribution in [1.82, 2.24) is 0 Å². The molecule has 0 aliphatic rings. The summed E-state index contributed by atoms with van der Waals surface area (Å²) in [6.07, 6.45) is 0. The molecule has 5 nitrogen and oxygen atoms in total. The van der Waals surface area contributed by atoms with Gasteiger partial charge < -0.3 is 10.6 Å². The molecule has 0 aromatic heterocycles. The summed E-state index contributed by atoms with van der Waals surface area (Å²) in [5.41, 5.74) is 7.20. The third-order valence-electron chi connectivity index (χ3n) is 4.64. The molecule has 3 N–H and O–H groups in total. The summed E-state index contributed by atoms with van der Waals surface area (Å²) in [6, 6.07) is 18.6. The highest BCUT2D eigenvalue weighted by Gasteiger charge is 2.18. The van der Waals surface area contributed by atoms with Crippen LogP contribution in [0.3, 0.4) is 0 Å². The van der Waals surface area contributed by atoms with E-state index < -0.39 is 10.0 Å². The predicted octanol–water partition coefficient (Wildman–Crippen LogP) is 5.40. The summed E-state index contributed by atoms with van der Waals surface area (Å²) >= 11 is 0. The highest BCUT2D eigenvalue weighted by Crippen LogP contribution is 2.27. The van der Waals surface area contributed by atoms with E-state index in [0.717, 1.165) is 35.1 Å². The van der Waals surface area contributed by atoms with Crippen molar-refractivity contribution in [2.45, 2.75) is 39.5 Å². The molecule has 6 heteroatoms. The largest absolute Gasteiger partial charge is 0.372 e. The van der Waals surface area contributed by atoms with Gasteiger partial charge in [-0.25, -0.2) is 8.42 Å². The summed E-state index contributed by atoms with van der Waals surface area (Å²) in [5.74, 6) is 0. The number of nitrogens with one attached hydrogen (secondary N) is 1. The van der Waals surface area contributed by atoms with Gasteiger partial charge in [0.15, 0.2) is 0 Å². The second-order valence-corrected chi connectivity index (χ2v) is 7.90. The van der Waals surface area contributed by atoms with Crippen LogP contribution in [0, 0.1) is 6.92 Å². The van der Waals surface area contributed by atoms with E-state index in [9.17, 15) is 8.42 Å². The van der Waals surface area contributed by atoms with Gasteiger partial charge in [0.1, 0.15) is 0 Å². The topological polar surface area (TPSA) is 75.4 Å². The number of hydrogen-bond donors (Lipinski definition) is 2. The number of nitrogens with two attached hydrogens (primary N) is 1. The Kier molecular flexibility index (Phi) is 10.4. The normalized spacial score (nSPS) is 10.4. The van der Waals surface area contributed by atoms with Gasteiger partial charge >= 0.3 is 0 Å². The van der Waals surface area contributed by atoms with Crippen molar-refractivity contribution in [3.63, 3.8) is 0 Å². The zero-order chi connectivity index (χ0) is 22.7. The minimum Gasteiger partial charge on any atom is -0.372 e. The van der Waals surface area contributed by atoms with Crippen LogP contribution in [-0.4, -0.2) is 28.6 Å². The van der Waals surface area contributed by atoms with Gasteiger partial charge in [-0.05, 0) is 69.1 Å². The van der Waals surface area contributed by atoms with E-state index in [4.69, 9.17) is 0 Å². The molecule has 0 fully saturated rings. The third kappa shape index (κ3) is 5.97. The Hall–Kier alpha value is -2.57. The Bertz CT molecular complexity index is 1010. The van der Waals surface area contributed by atoms with Gasteiger partial charge in [0.25, 0.3) is 10.0 Å². The lowest BCUT2D eigenvalue weighted by molar-refractivity contribution is 0.602. The van der Waals surface area contributed by atoms with E-state index in [2.05, 4.69) is 29.2 Å². The van der Waals surface area contributed by atoms with Crippen LogP contribution >= 0.6 is 0 Å². The molecule has 0 bridgehead atoms. The van der Waals surface area contributed by atoms with Crippen LogP contribution in [0.2, 0.25) is 0 Å². The molecule has 0 saturated heterocycles. The average Bonchev–Trinajstić information content (AvgIpc) is 2.78. The predicted molar refractivity (Wildman–Crippen MR) is 131 cm³/mol. The Morgan fingerprint density at radius 3 is 1.93 bits per heavy atom. The smallest absolute Gasteiger partial charge is 0.262 e. The highest BCUT2D eigenvalue weighted by atomic mass is 32.2. The molecule has 30 heavy (non-hydrogen) atoms. The Morgan fingerprint density at radius 1 is 0.833 bits per heavy atom. The van der Waals surface area contributed by atoms with Crippen molar-refractivity contribution in [3.8, 4) is 0 Å². The van der Waals surface area contributed by atoms with Crippen molar-refractivity contribution in [2.75, 3.05) is 29.8 Å². The van der Waals surface area contributed by atoms with Gasteiger partial charge in [0, 0.05) is 29.9 Å². The van der Waals surface area contributed by atoms with Crippen molar-refractivity contribution in [2.24, 2.45) is 5.73 Å². The van der Waals surface area contributed by atoms with Gasteiger partial charge in [-0.3, -0.25) is 4.72 Å². The molecule has 0 unspecified atom stereocenters. The van der Waals surface area contributed by atoms with Gasteiger partial charge in [-0.2, -0.15) is 0 Å². The van der Waals surface area contributed by atoms with Crippen LogP contribution in [0.15, 0.2) is 65.6 Å². The van der Waals surface area contributed by atoms with Gasteiger partial charge in [-0.1, -0.05) is 44.2 Å². The van der Waals surface area contributed by atoms with Crippen LogP contribution < -0.4 is 15.4 Å². The number of nitrogens with zero attached hydrogens (tertiary/aromatic N) is 1. The van der Waals surface area contributed by atoms with Crippen LogP contribution in [-0.2, 0) is 10.0 Å². The number of sulfonamides is 1. The summed E-state index contributed by atoms with van der Waals surface area (Å²) in [7, 11) is -2.16. The molecule has 0 atom stereocenters. The minimum absolute atomic E-state index is 0.298. The van der Waals surface area contributed by atoms with Crippen LogP contribution in [0.25, 0.3) is 10.8 Å². The molecule has 0 amide bonds. The first-order valence-electron chi connectivity index (χ1n) is 10.4. The monoisotopic (exact) mass is 429 g/mol. The van der Waals surface area contributed by atoms with E-state index in [1.807, 2.05) is 69.3 Å². The maximum atomic E-state index is 12.9. The third-order valence-corrected chi connectivity index (χ3v) is 6.08. The van der Waals surface area contributed by atoms with E-state index in [1.54, 1.807) is 12.1 Å². The quantitative estimate of drug-likeness (QED) is 0.550. The fourth-order valence-electron chi connectivity index (χ4n) is 3.21. The van der Waals surface area contributed by atoms with Crippen LogP contribution in [0.1, 0.15) is 33.3 Å². The first-order chi connectivity index (χ1) is 14.5. The lowest BCUT2D eigenvalue weighted by atomic mass is 10.1. The maximum Gasteiger partial charge on any atom is 0.262 e. The van der Waals surface area contributed by atoms with Crippen LogP contribution in [0.5, 0.6) is 0 Å². The zero-order valence-corrected chi connectivity index (χ0v) is 19.8. The summed E-state index contributed by atoms with van der Waals surface area (Å²) in [6.45, 7) is 12.0. The molecule has 0 heterocycles. The fourth-order valence-corrected chi connectivity index (χ4v) is 4.49. The van der Waals surface area contributed by atoms with E-state index >= 15 is 0 Å². The standard InChI is InChI=1S/C21H24N2O2S.C2H6.CH5N/c1-4-23(5-2)18-14-12-17(13-15-18)22-26(24,25)21-11-7-9-19-16(3)8-6-10-20(19)21;2*1-2/h6-15,22H,4-5H2,1-3H3;1-2H3;2H2,1H3. The van der Waals surface area contributed by atoms with Crippen molar-refractivity contribution >= 4 is 32.2 Å². The molecule has 0 aliphatic heterocycles. The van der Waals surface area contributed by atoms with Crippen molar-refractivity contribution in [1.29, 1.82) is 0 Å². The van der Waals surface area contributed by atoms with Gasteiger partial charge in [0.2, 0.25) is 0 Å². The lowest BCUT2D eigenvalue weighted by Crippen LogP contribution is -2.21. The van der Waals surface area contributed by atoms with E-state index in [0.29, 0.717) is 10.6 Å². The Labute approximate surface area is 182 Å². The molecular formula is C24H35N3O2S. The van der Waals surface area contributed by atoms with Crippen molar-refractivity contribution < 1.29 is 8.42 Å². The molecule has 0 spiro atoms. The van der Waals surface area contributed by atoms with Crippen molar-refractivity contribution in [3.05, 3.63) is 66.2 Å². The number of fused-ring (bicyclic) bond motifs is 1. The number of hydrogen-bond acceptors (Lipinski definition) is 4. The average molecular weight is 430 g/mol. The highest BCUT2D eigenvalue weighted by molar-refractivity contribution is 7.93. The second kappa shape index (κ2) is 12.2. The Balaban J connectivity index is 0.00000106. The van der Waals surface area contributed by atoms with E-state index in [1.165, 1.54) is 7.05 Å². The molecule has 0 saturated carbocycles. The molecule has 164 valence electrons. The van der Waals surface area contributed by atoms with Crippen LogP contribution in [0.4, 0.5) is 11.4 Å². The van der Waals surface area contributed by atoms with E-state index in [-0.39, 0.29) is 0 Å². The molecule has 3 aromatic carbocycles. The summed E-state index contributed by atoms with van der Waals surface area (Å²) in [4.78, 5) is 2.51. The summed E-state index contributed by atoms with van der Waals surface area (Å²) in [5, 5.41) is 1.69. The fraction of sp³-hybridized carbons (Fsp3) is 0.333. The molecule has 0 aliphatic carbocycles. The maximum absolute atomic E-state index is 12.9. The van der Waals surface area contributed by atoms with Gasteiger partial charge in [0.05, 0.1) is 4.90 Å². The SMILES string of the molecule is CC.CCN(CC)c1ccc(NS(=O)(=O)c2cccc3c(C)cccc23)cc1.CN. The first-order valence-corrected chi connectivity index (χ1v) is 11.9.